The van der Waals surface area contributed by atoms with E-state index < -0.39 is 6.10 Å². The Morgan fingerprint density at radius 2 is 0.660 bits per heavy atom. The standard InChI is InChI=1S/C47H86O6/c1-4-7-10-13-16-18-20-21-22-23-24-25-26-27-29-31-34-37-40-46(49)52-43-44(42-51-45(48)39-36-33-30-15-12-9-6-3)53-47(50)41-38-35-32-28-19-17-14-11-8-5-2/h11,14,22-23,44H,4-10,12-13,15-21,24-43H2,1-3H3/b14-11-,23-22-. The summed E-state index contributed by atoms with van der Waals surface area (Å²) < 4.78 is 16.6. The summed E-state index contributed by atoms with van der Waals surface area (Å²) in [7, 11) is 0. The van der Waals surface area contributed by atoms with Gasteiger partial charge in [0.2, 0.25) is 0 Å². The zero-order chi connectivity index (χ0) is 38.7. The summed E-state index contributed by atoms with van der Waals surface area (Å²) in [6, 6.07) is 0. The van der Waals surface area contributed by atoms with Gasteiger partial charge in [0.1, 0.15) is 13.2 Å². The largest absolute Gasteiger partial charge is 0.462 e. The van der Waals surface area contributed by atoms with Crippen molar-refractivity contribution in [3.8, 4) is 0 Å². The summed E-state index contributed by atoms with van der Waals surface area (Å²) in [6.45, 7) is 6.52. The van der Waals surface area contributed by atoms with Crippen molar-refractivity contribution in [2.24, 2.45) is 0 Å². The highest BCUT2D eigenvalue weighted by Gasteiger charge is 2.19. The highest BCUT2D eigenvalue weighted by atomic mass is 16.6. The van der Waals surface area contributed by atoms with E-state index in [1.165, 1.54) is 122 Å². The maximum Gasteiger partial charge on any atom is 0.306 e. The molecule has 0 aliphatic rings. The molecule has 0 bridgehead atoms. The van der Waals surface area contributed by atoms with Crippen molar-refractivity contribution in [1.82, 2.24) is 0 Å². The molecule has 0 amide bonds. The molecule has 6 heteroatoms. The Kier molecular flexibility index (Phi) is 40.9. The Labute approximate surface area is 328 Å². The molecule has 0 aliphatic carbocycles. The van der Waals surface area contributed by atoms with Crippen molar-refractivity contribution in [1.29, 1.82) is 0 Å². The van der Waals surface area contributed by atoms with E-state index in [-0.39, 0.29) is 31.1 Å². The van der Waals surface area contributed by atoms with Gasteiger partial charge in [0.15, 0.2) is 6.10 Å². The Balaban J connectivity index is 4.23. The van der Waals surface area contributed by atoms with E-state index in [2.05, 4.69) is 45.1 Å². The lowest BCUT2D eigenvalue weighted by molar-refractivity contribution is -0.167. The van der Waals surface area contributed by atoms with Gasteiger partial charge in [0, 0.05) is 19.3 Å². The molecule has 0 aromatic heterocycles. The van der Waals surface area contributed by atoms with Gasteiger partial charge >= 0.3 is 17.9 Å². The van der Waals surface area contributed by atoms with Crippen molar-refractivity contribution >= 4 is 17.9 Å². The van der Waals surface area contributed by atoms with E-state index in [1.807, 2.05) is 0 Å². The summed E-state index contributed by atoms with van der Waals surface area (Å²) in [5.74, 6) is -0.893. The summed E-state index contributed by atoms with van der Waals surface area (Å²) >= 11 is 0. The first-order chi connectivity index (χ1) is 26.0. The van der Waals surface area contributed by atoms with Gasteiger partial charge < -0.3 is 14.2 Å². The van der Waals surface area contributed by atoms with Gasteiger partial charge in [-0.15, -0.1) is 0 Å². The molecule has 0 aliphatic heterocycles. The van der Waals surface area contributed by atoms with Crippen LogP contribution in [0.25, 0.3) is 0 Å². The SMILES string of the molecule is CCC/C=C\CCCCCCCC(=O)OC(COC(=O)CCCCCCCCC)COC(=O)CCCCCCCCC/C=C\CCCCCCCCC. The van der Waals surface area contributed by atoms with Crippen LogP contribution in [0.4, 0.5) is 0 Å². The minimum atomic E-state index is -0.769. The van der Waals surface area contributed by atoms with Gasteiger partial charge in [0.25, 0.3) is 0 Å². The van der Waals surface area contributed by atoms with E-state index in [0.717, 1.165) is 77.0 Å². The number of unbranched alkanes of at least 4 members (excludes halogenated alkanes) is 26. The molecule has 0 radical (unpaired) electrons. The number of rotatable bonds is 41. The fourth-order valence-corrected chi connectivity index (χ4v) is 6.44. The molecule has 0 rings (SSSR count). The predicted octanol–water partition coefficient (Wildman–Crippen LogP) is 14.4. The molecule has 1 unspecified atom stereocenters. The number of allylic oxidation sites excluding steroid dienone is 4. The number of carbonyl (C=O) groups excluding carboxylic acids is 3. The smallest absolute Gasteiger partial charge is 0.306 e. The highest BCUT2D eigenvalue weighted by molar-refractivity contribution is 5.71. The molecule has 53 heavy (non-hydrogen) atoms. The molecule has 0 fully saturated rings. The van der Waals surface area contributed by atoms with Gasteiger partial charge in [0.05, 0.1) is 0 Å². The minimum Gasteiger partial charge on any atom is -0.462 e. The van der Waals surface area contributed by atoms with Crippen LogP contribution in [0.3, 0.4) is 0 Å². The molecule has 0 N–H and O–H groups in total. The van der Waals surface area contributed by atoms with Crippen LogP contribution in [-0.4, -0.2) is 37.2 Å². The van der Waals surface area contributed by atoms with E-state index in [4.69, 9.17) is 14.2 Å². The minimum absolute atomic E-state index is 0.0745. The first-order valence-corrected chi connectivity index (χ1v) is 22.8. The summed E-state index contributed by atoms with van der Waals surface area (Å²) in [5.41, 5.74) is 0. The van der Waals surface area contributed by atoms with Crippen LogP contribution in [0.1, 0.15) is 239 Å². The van der Waals surface area contributed by atoms with Crippen LogP contribution in [0.15, 0.2) is 24.3 Å². The Hall–Kier alpha value is -2.11. The van der Waals surface area contributed by atoms with E-state index in [1.54, 1.807) is 0 Å². The molecular formula is C47H86O6. The average molecular weight is 747 g/mol. The maximum atomic E-state index is 12.6. The van der Waals surface area contributed by atoms with Gasteiger partial charge in [-0.3, -0.25) is 14.4 Å². The van der Waals surface area contributed by atoms with Crippen molar-refractivity contribution in [3.63, 3.8) is 0 Å². The lowest BCUT2D eigenvalue weighted by Gasteiger charge is -2.18. The van der Waals surface area contributed by atoms with Crippen LogP contribution >= 0.6 is 0 Å². The monoisotopic (exact) mass is 747 g/mol. The van der Waals surface area contributed by atoms with Crippen LogP contribution < -0.4 is 0 Å². The third-order valence-corrected chi connectivity index (χ3v) is 9.91. The second kappa shape index (κ2) is 42.6. The van der Waals surface area contributed by atoms with Gasteiger partial charge in [-0.05, 0) is 64.2 Å². The molecule has 0 aromatic carbocycles. The van der Waals surface area contributed by atoms with Crippen molar-refractivity contribution in [2.75, 3.05) is 13.2 Å². The third-order valence-electron chi connectivity index (χ3n) is 9.91. The highest BCUT2D eigenvalue weighted by Crippen LogP contribution is 2.14. The fraction of sp³-hybridized carbons (Fsp3) is 0.851. The number of ether oxygens (including phenoxy) is 3. The molecule has 1 atom stereocenters. The summed E-state index contributed by atoms with van der Waals surface area (Å²) in [4.78, 5) is 37.5. The molecule has 0 saturated carbocycles. The zero-order valence-electron chi connectivity index (χ0n) is 35.3. The molecule has 0 saturated heterocycles. The normalized spacial score (nSPS) is 12.1. The Morgan fingerprint density at radius 3 is 1.02 bits per heavy atom. The quantitative estimate of drug-likeness (QED) is 0.0268. The number of hydrogen-bond acceptors (Lipinski definition) is 6. The third kappa shape index (κ3) is 40.9. The Bertz CT molecular complexity index is 865. The van der Waals surface area contributed by atoms with Gasteiger partial charge in [-0.1, -0.05) is 180 Å². The summed E-state index contributed by atoms with van der Waals surface area (Å²) in [6.07, 6.45) is 46.1. The second-order valence-corrected chi connectivity index (χ2v) is 15.3. The van der Waals surface area contributed by atoms with Crippen LogP contribution in [0.2, 0.25) is 0 Å². The molecule has 310 valence electrons. The van der Waals surface area contributed by atoms with Crippen molar-refractivity contribution < 1.29 is 28.6 Å². The lowest BCUT2D eigenvalue weighted by Crippen LogP contribution is -2.30. The number of carbonyl (C=O) groups is 3. The van der Waals surface area contributed by atoms with Crippen molar-refractivity contribution in [2.45, 2.75) is 245 Å². The van der Waals surface area contributed by atoms with E-state index >= 15 is 0 Å². The van der Waals surface area contributed by atoms with Crippen LogP contribution in [0, 0.1) is 0 Å². The Morgan fingerprint density at radius 1 is 0.358 bits per heavy atom. The predicted molar refractivity (Wildman–Crippen MR) is 224 cm³/mol. The van der Waals surface area contributed by atoms with Crippen LogP contribution in [-0.2, 0) is 28.6 Å². The fourth-order valence-electron chi connectivity index (χ4n) is 6.44. The molecule has 0 heterocycles. The zero-order valence-corrected chi connectivity index (χ0v) is 35.3. The van der Waals surface area contributed by atoms with Crippen LogP contribution in [0.5, 0.6) is 0 Å². The molecule has 0 aromatic rings. The average Bonchev–Trinajstić information content (AvgIpc) is 3.15. The first kappa shape index (κ1) is 50.9. The van der Waals surface area contributed by atoms with E-state index in [0.29, 0.717) is 19.3 Å². The lowest BCUT2D eigenvalue weighted by atomic mass is 10.1. The first-order valence-electron chi connectivity index (χ1n) is 22.8. The molecular weight excluding hydrogens is 661 g/mol. The second-order valence-electron chi connectivity index (χ2n) is 15.3. The van der Waals surface area contributed by atoms with Gasteiger partial charge in [-0.2, -0.15) is 0 Å². The number of hydrogen-bond donors (Lipinski definition) is 0. The topological polar surface area (TPSA) is 78.9 Å². The molecule has 6 nitrogen and oxygen atoms in total. The van der Waals surface area contributed by atoms with E-state index in [9.17, 15) is 14.4 Å². The summed E-state index contributed by atoms with van der Waals surface area (Å²) in [5, 5.41) is 0. The molecule has 0 spiro atoms. The number of esters is 3. The maximum absolute atomic E-state index is 12.6. The van der Waals surface area contributed by atoms with Crippen molar-refractivity contribution in [3.05, 3.63) is 24.3 Å². The van der Waals surface area contributed by atoms with Gasteiger partial charge in [-0.25, -0.2) is 0 Å².